The Kier molecular flexibility index (Phi) is 2.89. The summed E-state index contributed by atoms with van der Waals surface area (Å²) in [5.41, 5.74) is 2.19. The highest BCUT2D eigenvalue weighted by atomic mass is 15.3. The van der Waals surface area contributed by atoms with Crippen LogP contribution in [-0.2, 0) is 19.6 Å². The van der Waals surface area contributed by atoms with Gasteiger partial charge in [-0.25, -0.2) is 9.97 Å². The number of hydrogen-bond acceptors (Lipinski definition) is 4. The molecule has 1 aliphatic heterocycles. The van der Waals surface area contributed by atoms with Gasteiger partial charge in [0, 0.05) is 38.2 Å². The molecule has 4 rings (SSSR count). The average molecular weight is 282 g/mol. The molecule has 0 bridgehead atoms. The Morgan fingerprint density at radius 3 is 3.10 bits per heavy atom. The van der Waals surface area contributed by atoms with Crippen molar-refractivity contribution in [1.82, 2.24) is 24.3 Å². The predicted molar refractivity (Wildman–Crippen MR) is 81.2 cm³/mol. The van der Waals surface area contributed by atoms with Gasteiger partial charge in [0.25, 0.3) is 0 Å². The third-order valence-corrected chi connectivity index (χ3v) is 4.00. The van der Waals surface area contributed by atoms with Gasteiger partial charge in [0.05, 0.1) is 12.2 Å². The Balaban J connectivity index is 1.78. The fourth-order valence-corrected chi connectivity index (χ4v) is 2.97. The van der Waals surface area contributed by atoms with Crippen LogP contribution < -0.4 is 10.2 Å². The quantitative estimate of drug-likeness (QED) is 0.786. The monoisotopic (exact) mass is 282 g/mol. The van der Waals surface area contributed by atoms with E-state index in [1.807, 2.05) is 37.6 Å². The molecule has 0 aliphatic carbocycles. The van der Waals surface area contributed by atoms with E-state index in [-0.39, 0.29) is 0 Å². The molecule has 0 saturated heterocycles. The molecular formula is C15H18N6. The topological polar surface area (TPSA) is 50.4 Å². The molecular weight excluding hydrogens is 264 g/mol. The van der Waals surface area contributed by atoms with Crippen molar-refractivity contribution in [2.45, 2.75) is 19.6 Å². The number of nitrogens with one attached hydrogen (secondary N) is 1. The number of pyridine rings is 1. The van der Waals surface area contributed by atoms with Gasteiger partial charge in [-0.05, 0) is 19.2 Å². The van der Waals surface area contributed by atoms with E-state index in [4.69, 9.17) is 4.98 Å². The predicted octanol–water partition coefficient (Wildman–Crippen LogP) is 1.27. The van der Waals surface area contributed by atoms with Gasteiger partial charge >= 0.3 is 0 Å². The van der Waals surface area contributed by atoms with Crippen LogP contribution in [0.25, 0.3) is 5.65 Å². The second-order valence-corrected chi connectivity index (χ2v) is 5.30. The van der Waals surface area contributed by atoms with E-state index in [0.29, 0.717) is 0 Å². The van der Waals surface area contributed by atoms with Crippen molar-refractivity contribution in [1.29, 1.82) is 0 Å². The first-order valence-electron chi connectivity index (χ1n) is 7.22. The fourth-order valence-electron chi connectivity index (χ4n) is 2.97. The van der Waals surface area contributed by atoms with E-state index < -0.39 is 0 Å². The number of anilines is 1. The molecule has 0 spiro atoms. The summed E-state index contributed by atoms with van der Waals surface area (Å²) in [6, 6.07) is 6.12. The van der Waals surface area contributed by atoms with Crippen molar-refractivity contribution >= 4 is 11.5 Å². The maximum Gasteiger partial charge on any atom is 0.152 e. The summed E-state index contributed by atoms with van der Waals surface area (Å²) in [5.74, 6) is 2.17. The molecule has 4 heterocycles. The molecule has 1 aliphatic rings. The van der Waals surface area contributed by atoms with Gasteiger partial charge < -0.3 is 19.2 Å². The van der Waals surface area contributed by atoms with Crippen molar-refractivity contribution in [3.8, 4) is 0 Å². The fraction of sp³-hybridized carbons (Fsp3) is 0.333. The molecule has 3 aromatic rings. The molecule has 0 radical (unpaired) electrons. The minimum Gasteiger partial charge on any atom is -0.346 e. The van der Waals surface area contributed by atoms with E-state index >= 15 is 0 Å². The lowest BCUT2D eigenvalue weighted by atomic mass is 10.3. The van der Waals surface area contributed by atoms with Gasteiger partial charge in [0.15, 0.2) is 5.82 Å². The summed E-state index contributed by atoms with van der Waals surface area (Å²) in [7, 11) is 1.97. The Bertz CT molecular complexity index is 771. The first-order valence-corrected chi connectivity index (χ1v) is 7.22. The second kappa shape index (κ2) is 4.89. The SMILES string of the molecule is CNCc1c(N2CCn3ccnc3C2)nc2ccccn12. The molecule has 108 valence electrons. The van der Waals surface area contributed by atoms with E-state index in [0.717, 1.165) is 43.5 Å². The number of nitrogens with zero attached hydrogens (tertiary/aromatic N) is 5. The third-order valence-electron chi connectivity index (χ3n) is 4.00. The summed E-state index contributed by atoms with van der Waals surface area (Å²) in [4.78, 5) is 11.6. The number of fused-ring (bicyclic) bond motifs is 2. The minimum absolute atomic E-state index is 0.797. The van der Waals surface area contributed by atoms with Gasteiger partial charge in [-0.3, -0.25) is 0 Å². The Labute approximate surface area is 123 Å². The molecule has 1 N–H and O–H groups in total. The molecule has 6 nitrogen and oxygen atoms in total. The zero-order valence-electron chi connectivity index (χ0n) is 12.0. The first-order chi connectivity index (χ1) is 10.4. The highest BCUT2D eigenvalue weighted by Gasteiger charge is 2.22. The molecule has 21 heavy (non-hydrogen) atoms. The molecule has 6 heteroatoms. The largest absolute Gasteiger partial charge is 0.346 e. The second-order valence-electron chi connectivity index (χ2n) is 5.30. The molecule has 0 amide bonds. The van der Waals surface area contributed by atoms with E-state index in [1.54, 1.807) is 0 Å². The zero-order chi connectivity index (χ0) is 14.2. The Hall–Kier alpha value is -2.34. The summed E-state index contributed by atoms with van der Waals surface area (Å²) in [6.07, 6.45) is 5.99. The summed E-state index contributed by atoms with van der Waals surface area (Å²) in [5, 5.41) is 3.25. The van der Waals surface area contributed by atoms with Gasteiger partial charge in [0.2, 0.25) is 0 Å². The van der Waals surface area contributed by atoms with Gasteiger partial charge in [-0.2, -0.15) is 0 Å². The maximum atomic E-state index is 4.82. The molecule has 0 unspecified atom stereocenters. The van der Waals surface area contributed by atoms with Crippen molar-refractivity contribution in [2.24, 2.45) is 0 Å². The van der Waals surface area contributed by atoms with Crippen LogP contribution in [0.2, 0.25) is 0 Å². The molecule has 3 aromatic heterocycles. The van der Waals surface area contributed by atoms with Gasteiger partial charge in [-0.1, -0.05) is 6.07 Å². The van der Waals surface area contributed by atoms with Crippen LogP contribution in [0.3, 0.4) is 0 Å². The number of hydrogen-bond donors (Lipinski definition) is 1. The van der Waals surface area contributed by atoms with Crippen LogP contribution in [0.5, 0.6) is 0 Å². The van der Waals surface area contributed by atoms with Crippen LogP contribution in [0.15, 0.2) is 36.8 Å². The minimum atomic E-state index is 0.797. The lowest BCUT2D eigenvalue weighted by Crippen LogP contribution is -2.34. The lowest BCUT2D eigenvalue weighted by Gasteiger charge is -2.28. The Morgan fingerprint density at radius 2 is 2.19 bits per heavy atom. The average Bonchev–Trinajstić information content (AvgIpc) is 3.11. The normalized spacial score (nSPS) is 14.6. The van der Waals surface area contributed by atoms with E-state index in [1.165, 1.54) is 5.69 Å². The third kappa shape index (κ3) is 1.99. The number of rotatable bonds is 3. The van der Waals surface area contributed by atoms with E-state index in [9.17, 15) is 0 Å². The lowest BCUT2D eigenvalue weighted by molar-refractivity contribution is 0.554. The Morgan fingerprint density at radius 1 is 1.24 bits per heavy atom. The molecule has 0 saturated carbocycles. The van der Waals surface area contributed by atoms with Crippen LogP contribution in [-0.4, -0.2) is 32.5 Å². The smallest absolute Gasteiger partial charge is 0.152 e. The van der Waals surface area contributed by atoms with Crippen molar-refractivity contribution in [3.63, 3.8) is 0 Å². The highest BCUT2D eigenvalue weighted by Crippen LogP contribution is 2.25. The molecule has 0 fully saturated rings. The summed E-state index contributed by atoms with van der Waals surface area (Å²) in [6.45, 7) is 3.53. The van der Waals surface area contributed by atoms with Gasteiger partial charge in [0.1, 0.15) is 11.5 Å². The zero-order valence-corrected chi connectivity index (χ0v) is 12.0. The van der Waals surface area contributed by atoms with Crippen LogP contribution in [0.1, 0.15) is 11.5 Å². The van der Waals surface area contributed by atoms with Crippen LogP contribution >= 0.6 is 0 Å². The van der Waals surface area contributed by atoms with Crippen molar-refractivity contribution in [3.05, 3.63) is 48.3 Å². The van der Waals surface area contributed by atoms with Crippen molar-refractivity contribution in [2.75, 3.05) is 18.5 Å². The van der Waals surface area contributed by atoms with Crippen molar-refractivity contribution < 1.29 is 0 Å². The molecule has 0 atom stereocenters. The van der Waals surface area contributed by atoms with Crippen LogP contribution in [0, 0.1) is 0 Å². The number of imidazole rings is 2. The first kappa shape index (κ1) is 12.4. The highest BCUT2D eigenvalue weighted by molar-refractivity contribution is 5.56. The number of aromatic nitrogens is 4. The van der Waals surface area contributed by atoms with E-state index in [2.05, 4.69) is 30.4 Å². The maximum absolute atomic E-state index is 4.82. The molecule has 0 aromatic carbocycles. The summed E-state index contributed by atoms with van der Waals surface area (Å²) >= 11 is 0. The summed E-state index contributed by atoms with van der Waals surface area (Å²) < 4.78 is 4.37. The van der Waals surface area contributed by atoms with Crippen LogP contribution in [0.4, 0.5) is 5.82 Å². The standard InChI is InChI=1S/C15H18N6/c1-16-10-12-15(18-13-4-2-3-6-21(12)13)20-9-8-19-7-5-17-14(19)11-20/h2-7,16H,8-11H2,1H3. The van der Waals surface area contributed by atoms with Gasteiger partial charge in [-0.15, -0.1) is 0 Å².